The lowest BCUT2D eigenvalue weighted by Gasteiger charge is -2.15. The number of nitrogens with zero attached hydrogens (tertiary/aromatic N) is 2. The summed E-state index contributed by atoms with van der Waals surface area (Å²) in [6, 6.07) is 16.3. The highest BCUT2D eigenvalue weighted by Gasteiger charge is 2.25. The van der Waals surface area contributed by atoms with E-state index in [4.69, 9.17) is 9.15 Å². The number of aryl methyl sites for hydroxylation is 1. The van der Waals surface area contributed by atoms with E-state index in [1.54, 1.807) is 0 Å². The topological polar surface area (TPSA) is 95.9 Å². The minimum absolute atomic E-state index is 0.0914. The summed E-state index contributed by atoms with van der Waals surface area (Å²) < 4.78 is 46.4. The molecule has 4 rings (SSSR count). The molecule has 0 aliphatic carbocycles. The molecule has 2 heterocycles. The summed E-state index contributed by atoms with van der Waals surface area (Å²) in [6.45, 7) is 9.48. The zero-order valence-corrected chi connectivity index (χ0v) is 20.7. The number of hydrogen-bond donors (Lipinski definition) is 0. The maximum absolute atomic E-state index is 9.45. The molecular weight excluding hydrogens is 456 g/mol. The van der Waals surface area contributed by atoms with E-state index in [1.807, 2.05) is 36.4 Å². The van der Waals surface area contributed by atoms with Gasteiger partial charge in [-0.05, 0) is 51.0 Å². The van der Waals surface area contributed by atoms with Gasteiger partial charge >= 0.3 is 5.89 Å². The number of hydrogen-bond acceptors (Lipinski definition) is 7. The Bertz CT molecular complexity index is 1290. The van der Waals surface area contributed by atoms with Crippen LogP contribution in [-0.4, -0.2) is 26.1 Å². The molecule has 0 amide bonds. The highest BCUT2D eigenvalue weighted by molar-refractivity contribution is 7.80. The molecule has 1 aliphatic heterocycles. The SMILES string of the molecule is CCC(/C=C1\Oc2ccccc2N1CC)=C\c1oc2ccccc2[n+]1CC.CCOS(=O)(=O)[O-]. The molecule has 0 bridgehead atoms. The average molecular weight is 487 g/mol. The van der Waals surface area contributed by atoms with Crippen molar-refractivity contribution >= 4 is 33.3 Å². The summed E-state index contributed by atoms with van der Waals surface area (Å²) >= 11 is 0. The average Bonchev–Trinajstić information content (AvgIpc) is 3.34. The lowest BCUT2D eigenvalue weighted by atomic mass is 10.2. The first-order chi connectivity index (χ1) is 16.3. The molecule has 0 saturated heterocycles. The van der Waals surface area contributed by atoms with Crippen molar-refractivity contribution < 1.29 is 30.9 Å². The number of allylic oxidation sites excluding steroid dienone is 2. The van der Waals surface area contributed by atoms with Crippen LogP contribution >= 0.6 is 0 Å². The summed E-state index contributed by atoms with van der Waals surface area (Å²) in [4.78, 5) is 2.20. The van der Waals surface area contributed by atoms with Crippen LogP contribution < -0.4 is 14.2 Å². The maximum atomic E-state index is 9.45. The number of para-hydroxylation sites is 4. The van der Waals surface area contributed by atoms with Gasteiger partial charge in [0.25, 0.3) is 5.52 Å². The van der Waals surface area contributed by atoms with E-state index >= 15 is 0 Å². The Morgan fingerprint density at radius 1 is 1.09 bits per heavy atom. The van der Waals surface area contributed by atoms with Gasteiger partial charge in [-0.1, -0.05) is 31.2 Å². The van der Waals surface area contributed by atoms with Gasteiger partial charge in [0, 0.05) is 18.7 Å². The van der Waals surface area contributed by atoms with Crippen LogP contribution in [0.1, 0.15) is 40.0 Å². The standard InChI is InChI=1S/C23H25N2O2.C2H6O4S/c1-4-17(15-22-24(5-2)18-11-7-9-13-20(18)26-22)16-23-25(6-3)19-12-8-10-14-21(19)27-23;1-2-6-7(3,4)5/h7-16H,4-6H2,1-3H3;2H2,1H3,(H,3,4,5)/q+1;/p-1. The molecule has 0 atom stereocenters. The van der Waals surface area contributed by atoms with Gasteiger partial charge in [-0.2, -0.15) is 4.57 Å². The number of anilines is 1. The van der Waals surface area contributed by atoms with Crippen LogP contribution in [0.15, 0.2) is 70.5 Å². The quantitative estimate of drug-likeness (QED) is 0.269. The van der Waals surface area contributed by atoms with E-state index < -0.39 is 10.4 Å². The van der Waals surface area contributed by atoms with Crippen LogP contribution in [0.3, 0.4) is 0 Å². The summed E-state index contributed by atoms with van der Waals surface area (Å²) in [5.74, 6) is 2.64. The van der Waals surface area contributed by atoms with Crippen molar-refractivity contribution in [3.05, 3.63) is 72.0 Å². The fourth-order valence-electron chi connectivity index (χ4n) is 3.68. The number of ether oxygens (including phenoxy) is 1. The van der Waals surface area contributed by atoms with E-state index in [0.29, 0.717) is 0 Å². The van der Waals surface area contributed by atoms with Crippen LogP contribution in [0, 0.1) is 0 Å². The molecule has 0 radical (unpaired) electrons. The molecule has 182 valence electrons. The first-order valence-electron chi connectivity index (χ1n) is 11.3. The molecule has 1 aromatic heterocycles. The third-order valence-corrected chi connectivity index (χ3v) is 5.72. The van der Waals surface area contributed by atoms with Crippen molar-refractivity contribution in [2.75, 3.05) is 18.1 Å². The summed E-state index contributed by atoms with van der Waals surface area (Å²) in [5.41, 5.74) is 4.31. The molecule has 0 saturated carbocycles. The molecule has 2 aromatic carbocycles. The number of oxazole rings is 1. The minimum atomic E-state index is -4.42. The molecule has 0 N–H and O–H groups in total. The van der Waals surface area contributed by atoms with Crippen molar-refractivity contribution in [2.45, 2.75) is 40.7 Å². The second-order valence-electron chi connectivity index (χ2n) is 7.34. The molecule has 0 spiro atoms. The first-order valence-corrected chi connectivity index (χ1v) is 12.6. The van der Waals surface area contributed by atoms with Crippen LogP contribution in [0.4, 0.5) is 5.69 Å². The fourth-order valence-corrected chi connectivity index (χ4v) is 3.97. The lowest BCUT2D eigenvalue weighted by Crippen LogP contribution is -2.33. The Labute approximate surface area is 200 Å². The Kier molecular flexibility index (Phi) is 8.49. The second kappa shape index (κ2) is 11.3. The lowest BCUT2D eigenvalue weighted by molar-refractivity contribution is -0.674. The van der Waals surface area contributed by atoms with Crippen LogP contribution in [0.2, 0.25) is 0 Å². The Morgan fingerprint density at radius 3 is 2.41 bits per heavy atom. The van der Waals surface area contributed by atoms with Crippen LogP contribution in [-0.2, 0) is 21.1 Å². The zero-order chi connectivity index (χ0) is 24.7. The number of aromatic nitrogens is 1. The van der Waals surface area contributed by atoms with Gasteiger partial charge in [0.05, 0.1) is 18.4 Å². The Balaban J connectivity index is 0.000000406. The second-order valence-corrected chi connectivity index (χ2v) is 8.39. The molecular formula is C25H30N2O6S. The van der Waals surface area contributed by atoms with Gasteiger partial charge in [-0.3, -0.25) is 4.18 Å². The predicted molar refractivity (Wildman–Crippen MR) is 130 cm³/mol. The monoisotopic (exact) mass is 486 g/mol. The van der Waals surface area contributed by atoms with Crippen LogP contribution in [0.5, 0.6) is 5.75 Å². The smallest absolute Gasteiger partial charge is 0.374 e. The van der Waals surface area contributed by atoms with Crippen LogP contribution in [0.25, 0.3) is 17.2 Å². The van der Waals surface area contributed by atoms with Crippen molar-refractivity contribution in [2.24, 2.45) is 0 Å². The van der Waals surface area contributed by atoms with Gasteiger partial charge in [0.1, 0.15) is 6.54 Å². The number of fused-ring (bicyclic) bond motifs is 2. The van der Waals surface area contributed by atoms with E-state index in [2.05, 4.69) is 58.7 Å². The minimum Gasteiger partial charge on any atom is -0.726 e. The van der Waals surface area contributed by atoms with Gasteiger partial charge < -0.3 is 18.6 Å². The van der Waals surface area contributed by atoms with Gasteiger partial charge in [-0.15, -0.1) is 0 Å². The summed E-state index contributed by atoms with van der Waals surface area (Å²) in [5, 5.41) is 0. The third-order valence-electron chi connectivity index (χ3n) is 5.19. The van der Waals surface area contributed by atoms with E-state index in [0.717, 1.165) is 59.4 Å². The number of rotatable bonds is 7. The summed E-state index contributed by atoms with van der Waals surface area (Å²) in [6.07, 6.45) is 5.13. The predicted octanol–water partition coefficient (Wildman–Crippen LogP) is 4.78. The first kappa shape index (κ1) is 25.5. The summed E-state index contributed by atoms with van der Waals surface area (Å²) in [7, 11) is -4.42. The molecule has 0 unspecified atom stereocenters. The van der Waals surface area contributed by atoms with Crippen molar-refractivity contribution in [1.82, 2.24) is 0 Å². The fraction of sp³-hybridized carbons (Fsp3) is 0.320. The van der Waals surface area contributed by atoms with Crippen molar-refractivity contribution in [3.63, 3.8) is 0 Å². The van der Waals surface area contributed by atoms with Crippen molar-refractivity contribution in [1.29, 1.82) is 0 Å². The van der Waals surface area contributed by atoms with Gasteiger partial charge in [-0.25, -0.2) is 8.42 Å². The van der Waals surface area contributed by atoms with E-state index in [9.17, 15) is 13.0 Å². The maximum Gasteiger partial charge on any atom is 0.374 e. The molecule has 34 heavy (non-hydrogen) atoms. The number of benzene rings is 2. The molecule has 0 fully saturated rings. The van der Waals surface area contributed by atoms with Crippen molar-refractivity contribution in [3.8, 4) is 5.75 Å². The molecule has 1 aliphatic rings. The molecule has 8 nitrogen and oxygen atoms in total. The molecule has 3 aromatic rings. The Morgan fingerprint density at radius 2 is 1.79 bits per heavy atom. The zero-order valence-electron chi connectivity index (χ0n) is 19.9. The molecule has 9 heteroatoms. The Hall–Kier alpha value is -3.14. The normalized spacial score (nSPS) is 14.7. The van der Waals surface area contributed by atoms with Gasteiger partial charge in [0.2, 0.25) is 21.9 Å². The largest absolute Gasteiger partial charge is 0.726 e. The highest BCUT2D eigenvalue weighted by Crippen LogP contribution is 2.38. The van der Waals surface area contributed by atoms with Gasteiger partial charge in [0.15, 0.2) is 5.75 Å². The highest BCUT2D eigenvalue weighted by atomic mass is 32.3. The van der Waals surface area contributed by atoms with E-state index in [1.165, 1.54) is 6.92 Å². The van der Waals surface area contributed by atoms with E-state index in [-0.39, 0.29) is 6.61 Å². The third kappa shape index (κ3) is 6.05.